The highest BCUT2D eigenvalue weighted by Crippen LogP contribution is 2.49. The van der Waals surface area contributed by atoms with Crippen LogP contribution in [0.4, 0.5) is 0 Å². The van der Waals surface area contributed by atoms with Crippen LogP contribution < -0.4 is 0 Å². The molecule has 20 aromatic carbocycles. The predicted octanol–water partition coefficient (Wildman–Crippen LogP) is 32.6. The Hall–Kier alpha value is -18.8. The molecule has 8 aromatic heterocycles. The molecule has 0 fully saturated rings. The van der Waals surface area contributed by atoms with E-state index in [1.165, 1.54) is 10.8 Å². The topological polar surface area (TPSA) is 123 Å². The summed E-state index contributed by atoms with van der Waals surface area (Å²) >= 11 is 0. The highest BCUT2D eigenvalue weighted by Gasteiger charge is 2.28. The van der Waals surface area contributed by atoms with Crippen molar-refractivity contribution in [1.82, 2.24) is 48.2 Å². The molecule has 0 aliphatic rings. The molecular formula is C126H78N10O2. The molecule has 0 bridgehead atoms. The second-order valence-electron chi connectivity index (χ2n) is 35.1. The lowest BCUT2D eigenvalue weighted by Gasteiger charge is -2.13. The van der Waals surface area contributed by atoms with Crippen molar-refractivity contribution in [3.8, 4) is 136 Å². The Morgan fingerprint density at radius 1 is 0.138 bits per heavy atom. The maximum atomic E-state index is 7.32. The predicted molar refractivity (Wildman–Crippen MR) is 566 cm³/mol. The number of para-hydroxylation sites is 6. The van der Waals surface area contributed by atoms with Crippen molar-refractivity contribution in [2.75, 3.05) is 0 Å². The quantitative estimate of drug-likeness (QED) is 0.105. The monoisotopic (exact) mass is 1760 g/mol. The Morgan fingerprint density at radius 3 is 0.732 bits per heavy atom. The van der Waals surface area contributed by atoms with Crippen LogP contribution in [0.3, 0.4) is 0 Å². The SMILES string of the molecule is c1ccc(-c2ccc(-c3nc(-c4cccc(-c5ccccc5)c4)nc(-c4cccc(-n5c6ccccc6c6ccc7c8ccc9c%10ccccc%10n(-c%10ccccc%10)c9c8oc7c65)c4)n3)cc2)cc1.c1ccc(-c2ccc(-c3nc(-c4cccc(-n5c6ccccc6c6ccc7c8ccc9c%10ccccc%10n(-c%10ccccc%10)c9c8oc7c65)c4)nc(-c4ccccc4-c4ccccc4)n3)cc2)cc1. The van der Waals surface area contributed by atoms with Gasteiger partial charge in [0.05, 0.1) is 44.1 Å². The van der Waals surface area contributed by atoms with Gasteiger partial charge in [-0.15, -0.1) is 0 Å². The number of fused-ring (bicyclic) bond motifs is 22. The fourth-order valence-corrected chi connectivity index (χ4v) is 20.8. The van der Waals surface area contributed by atoms with Crippen LogP contribution in [0.5, 0.6) is 0 Å². The number of nitrogens with zero attached hydrogens (tertiary/aromatic N) is 10. The van der Waals surface area contributed by atoms with Gasteiger partial charge in [-0.25, -0.2) is 29.9 Å². The van der Waals surface area contributed by atoms with Crippen molar-refractivity contribution >= 4 is 131 Å². The van der Waals surface area contributed by atoms with E-state index in [2.05, 4.69) is 461 Å². The summed E-state index contributed by atoms with van der Waals surface area (Å²) in [6.07, 6.45) is 0. The highest BCUT2D eigenvalue weighted by molar-refractivity contribution is 6.28. The minimum Gasteiger partial charge on any atom is -0.452 e. The molecule has 0 amide bonds. The summed E-state index contributed by atoms with van der Waals surface area (Å²) in [5, 5.41) is 13.5. The van der Waals surface area contributed by atoms with E-state index in [4.69, 9.17) is 38.7 Å². The molecule has 0 radical (unpaired) electrons. The van der Waals surface area contributed by atoms with Gasteiger partial charge in [-0.2, -0.15) is 0 Å². The normalized spacial score (nSPS) is 11.8. The van der Waals surface area contributed by atoms with E-state index in [1.54, 1.807) is 0 Å². The van der Waals surface area contributed by atoms with Gasteiger partial charge in [0.1, 0.15) is 0 Å². The van der Waals surface area contributed by atoms with Crippen LogP contribution in [0.1, 0.15) is 0 Å². The molecule has 0 unspecified atom stereocenters. The molecule has 28 rings (SSSR count). The van der Waals surface area contributed by atoms with Gasteiger partial charge >= 0.3 is 0 Å². The Kier molecular flexibility index (Phi) is 18.7. The summed E-state index contributed by atoms with van der Waals surface area (Å²) < 4.78 is 24.0. The first-order valence-corrected chi connectivity index (χ1v) is 46.5. The van der Waals surface area contributed by atoms with Crippen LogP contribution >= 0.6 is 0 Å². The van der Waals surface area contributed by atoms with Gasteiger partial charge < -0.3 is 27.1 Å². The van der Waals surface area contributed by atoms with E-state index in [1.807, 2.05) is 30.3 Å². The van der Waals surface area contributed by atoms with Crippen molar-refractivity contribution in [2.45, 2.75) is 0 Å². The molecule has 0 atom stereocenters. The molecule has 138 heavy (non-hydrogen) atoms. The van der Waals surface area contributed by atoms with Gasteiger partial charge in [-0.3, -0.25) is 0 Å². The maximum absolute atomic E-state index is 7.32. The molecule has 0 aliphatic carbocycles. The molecule has 0 saturated carbocycles. The first-order chi connectivity index (χ1) is 68.4. The zero-order chi connectivity index (χ0) is 90.8. The molecule has 12 heteroatoms. The van der Waals surface area contributed by atoms with E-state index in [0.717, 1.165) is 221 Å². The molecule has 12 nitrogen and oxygen atoms in total. The molecule has 644 valence electrons. The number of aromatic nitrogens is 10. The third-order valence-corrected chi connectivity index (χ3v) is 27.2. The van der Waals surface area contributed by atoms with Crippen LogP contribution in [0, 0.1) is 0 Å². The third-order valence-electron chi connectivity index (χ3n) is 27.2. The average molecular weight is 1760 g/mol. The molecule has 0 N–H and O–H groups in total. The highest BCUT2D eigenvalue weighted by atomic mass is 16.3. The second kappa shape index (κ2) is 32.6. The molecule has 0 saturated heterocycles. The Bertz CT molecular complexity index is 9690. The lowest BCUT2D eigenvalue weighted by atomic mass is 9.99. The molecule has 8 heterocycles. The zero-order valence-corrected chi connectivity index (χ0v) is 74.3. The molecular weight excluding hydrogens is 1690 g/mol. The minimum absolute atomic E-state index is 0.581. The number of hydrogen-bond donors (Lipinski definition) is 0. The molecule has 28 aromatic rings. The van der Waals surface area contributed by atoms with E-state index >= 15 is 0 Å². The van der Waals surface area contributed by atoms with Gasteiger partial charge in [0.25, 0.3) is 0 Å². The largest absolute Gasteiger partial charge is 0.452 e. The van der Waals surface area contributed by atoms with Crippen molar-refractivity contribution < 1.29 is 8.83 Å². The average Bonchev–Trinajstić information content (AvgIpc) is 1.54. The minimum atomic E-state index is 0.581. The summed E-state index contributed by atoms with van der Waals surface area (Å²) in [7, 11) is 0. The first kappa shape index (κ1) is 79.0. The number of hydrogen-bond acceptors (Lipinski definition) is 8. The van der Waals surface area contributed by atoms with Crippen molar-refractivity contribution in [2.24, 2.45) is 0 Å². The number of rotatable bonds is 14. The first-order valence-electron chi connectivity index (χ1n) is 46.5. The lowest BCUT2D eigenvalue weighted by molar-refractivity contribution is 0.673. The van der Waals surface area contributed by atoms with E-state index in [9.17, 15) is 0 Å². The molecule has 0 aliphatic heterocycles. The van der Waals surface area contributed by atoms with Crippen LogP contribution in [-0.2, 0) is 0 Å². The second-order valence-corrected chi connectivity index (χ2v) is 35.1. The van der Waals surface area contributed by atoms with E-state index in [-0.39, 0.29) is 0 Å². The van der Waals surface area contributed by atoms with Crippen molar-refractivity contribution in [1.29, 1.82) is 0 Å². The van der Waals surface area contributed by atoms with E-state index < -0.39 is 0 Å². The maximum Gasteiger partial charge on any atom is 0.164 e. The van der Waals surface area contributed by atoms with Gasteiger partial charge in [-0.1, -0.05) is 370 Å². The zero-order valence-electron chi connectivity index (χ0n) is 74.3. The van der Waals surface area contributed by atoms with Gasteiger partial charge in [-0.05, 0) is 148 Å². The van der Waals surface area contributed by atoms with Crippen LogP contribution in [-0.4, -0.2) is 48.2 Å². The summed E-state index contributed by atoms with van der Waals surface area (Å²) in [5.74, 6) is 3.57. The Balaban J connectivity index is 0.000000139. The number of furan rings is 2. The van der Waals surface area contributed by atoms with Crippen LogP contribution in [0.15, 0.2) is 482 Å². The van der Waals surface area contributed by atoms with Crippen molar-refractivity contribution in [3.63, 3.8) is 0 Å². The fourth-order valence-electron chi connectivity index (χ4n) is 20.8. The fraction of sp³-hybridized carbons (Fsp3) is 0. The van der Waals surface area contributed by atoms with Gasteiger partial charge in [0.15, 0.2) is 57.3 Å². The van der Waals surface area contributed by atoms with E-state index in [0.29, 0.717) is 34.9 Å². The number of benzene rings is 20. The Labute approximate surface area is 791 Å². The smallest absolute Gasteiger partial charge is 0.164 e. The van der Waals surface area contributed by atoms with Crippen LogP contribution in [0.2, 0.25) is 0 Å². The third kappa shape index (κ3) is 13.2. The standard InChI is InChI=1S/2C63H39N5O/c1-4-16-40(17-5-1)42-30-32-43(33-31-42)61-64-62(45-21-14-20-44(38-45)41-18-6-2-7-19-41)66-63(65-61)46-22-15-25-48(39-46)68-56-29-13-11-27-50(56)52-35-37-54-53-36-34-51-49-26-10-12-28-55(49)67(47-23-8-3-9-24-47)57(51)59(53)69-60(54)58(52)68;1-4-17-40(18-5-1)41-31-33-43(34-32-41)61-64-62(66-63(65-61)54-28-11-10-25-47(54)42-19-6-2-7-20-42)44-21-16-24-46(39-44)68-56-30-15-13-27-49(56)51-36-38-53-52-37-35-50-48-26-12-14-29-55(48)67(45-22-8-3-9-23-45)57(50)59(52)69-60(53)58(51)68/h2*1-39H. The van der Waals surface area contributed by atoms with Gasteiger partial charge in [0, 0.05) is 121 Å². The summed E-state index contributed by atoms with van der Waals surface area (Å²) in [5.41, 5.74) is 30.4. The summed E-state index contributed by atoms with van der Waals surface area (Å²) in [6, 6.07) is 166. The summed E-state index contributed by atoms with van der Waals surface area (Å²) in [6.45, 7) is 0. The van der Waals surface area contributed by atoms with Gasteiger partial charge in [0.2, 0.25) is 0 Å². The van der Waals surface area contributed by atoms with Crippen molar-refractivity contribution in [3.05, 3.63) is 473 Å². The lowest BCUT2D eigenvalue weighted by Crippen LogP contribution is -2.02. The summed E-state index contributed by atoms with van der Waals surface area (Å²) in [4.78, 5) is 31.4. The molecule has 0 spiro atoms. The van der Waals surface area contributed by atoms with Crippen LogP contribution in [0.25, 0.3) is 267 Å². The Morgan fingerprint density at radius 2 is 0.370 bits per heavy atom.